The summed E-state index contributed by atoms with van der Waals surface area (Å²) < 4.78 is 43.0. The molecule has 1 unspecified atom stereocenters. The quantitative estimate of drug-likeness (QED) is 0.842. The van der Waals surface area contributed by atoms with Crippen molar-refractivity contribution in [3.63, 3.8) is 0 Å². The van der Waals surface area contributed by atoms with E-state index in [9.17, 15) is 18.0 Å². The third kappa shape index (κ3) is 6.20. The molecule has 1 rings (SSSR count). The Bertz CT molecular complexity index is 430. The molecule has 1 amide bonds. The van der Waals surface area contributed by atoms with Gasteiger partial charge in [0.2, 0.25) is 5.91 Å². The average molecular weight is 306 g/mol. The van der Waals surface area contributed by atoms with Gasteiger partial charge in [0.25, 0.3) is 0 Å². The van der Waals surface area contributed by atoms with Gasteiger partial charge < -0.3 is 15.1 Å². The number of hydrogen-bond donors (Lipinski definition) is 1. The Labute approximate surface area is 122 Å². The lowest BCUT2D eigenvalue weighted by molar-refractivity contribution is -0.165. The van der Waals surface area contributed by atoms with E-state index in [4.69, 9.17) is 10.2 Å². The van der Waals surface area contributed by atoms with Crippen molar-refractivity contribution in [3.05, 3.63) is 24.2 Å². The molecule has 0 aliphatic rings. The van der Waals surface area contributed by atoms with Crippen molar-refractivity contribution >= 4 is 5.91 Å². The number of carbonyl (C=O) groups excluding carboxylic acids is 1. The maximum Gasteiger partial charge on any atom is 0.406 e. The van der Waals surface area contributed by atoms with Crippen LogP contribution in [0.3, 0.4) is 0 Å². The number of halogens is 3. The van der Waals surface area contributed by atoms with Crippen molar-refractivity contribution in [2.24, 2.45) is 17.6 Å². The number of carbonyl (C=O) groups is 1. The number of furan rings is 1. The molecule has 0 fully saturated rings. The van der Waals surface area contributed by atoms with Crippen molar-refractivity contribution in [3.8, 4) is 0 Å². The summed E-state index contributed by atoms with van der Waals surface area (Å²) in [6.07, 6.45) is -2.64. The minimum Gasteiger partial charge on any atom is -0.467 e. The average Bonchev–Trinajstić information content (AvgIpc) is 2.85. The maximum atomic E-state index is 12.7. The van der Waals surface area contributed by atoms with E-state index in [1.807, 2.05) is 13.8 Å². The standard InChI is InChI=1S/C14H21F3N2O2/c1-10(2)6-11(7-18)13(20)19(9-14(15,16)17)8-12-4-3-5-21-12/h3-5,10-11H,6-9,18H2,1-2H3. The summed E-state index contributed by atoms with van der Waals surface area (Å²) in [5.74, 6) is -0.700. The monoisotopic (exact) mass is 306 g/mol. The van der Waals surface area contributed by atoms with E-state index in [2.05, 4.69) is 0 Å². The molecule has 1 atom stereocenters. The summed E-state index contributed by atoms with van der Waals surface area (Å²) in [6, 6.07) is 3.11. The molecule has 2 N–H and O–H groups in total. The minimum atomic E-state index is -4.46. The second-order valence-corrected chi connectivity index (χ2v) is 5.45. The predicted octanol–water partition coefficient (Wildman–Crippen LogP) is 2.79. The van der Waals surface area contributed by atoms with Crippen LogP contribution in [-0.4, -0.2) is 30.1 Å². The zero-order chi connectivity index (χ0) is 16.0. The minimum absolute atomic E-state index is 0.0313. The summed E-state index contributed by atoms with van der Waals surface area (Å²) in [6.45, 7) is 2.32. The fourth-order valence-corrected chi connectivity index (χ4v) is 2.14. The molecular weight excluding hydrogens is 285 g/mol. The molecule has 0 spiro atoms. The summed E-state index contributed by atoms with van der Waals surface area (Å²) >= 11 is 0. The smallest absolute Gasteiger partial charge is 0.406 e. The molecule has 0 saturated heterocycles. The molecule has 120 valence electrons. The Morgan fingerprint density at radius 1 is 1.43 bits per heavy atom. The Morgan fingerprint density at radius 2 is 2.10 bits per heavy atom. The van der Waals surface area contributed by atoms with E-state index >= 15 is 0 Å². The van der Waals surface area contributed by atoms with Crippen LogP contribution in [0, 0.1) is 11.8 Å². The molecule has 0 bridgehead atoms. The first-order valence-electron chi connectivity index (χ1n) is 6.81. The van der Waals surface area contributed by atoms with E-state index < -0.39 is 24.5 Å². The molecule has 1 aromatic rings. The molecule has 1 heterocycles. The second-order valence-electron chi connectivity index (χ2n) is 5.45. The molecule has 0 aliphatic heterocycles. The van der Waals surface area contributed by atoms with Crippen LogP contribution in [0.2, 0.25) is 0 Å². The molecule has 0 aromatic carbocycles. The second kappa shape index (κ2) is 7.49. The normalized spacial score (nSPS) is 13.5. The van der Waals surface area contributed by atoms with Crippen LogP contribution in [0.5, 0.6) is 0 Å². The van der Waals surface area contributed by atoms with Gasteiger partial charge >= 0.3 is 6.18 Å². The Balaban J connectivity index is 2.85. The van der Waals surface area contributed by atoms with E-state index in [1.165, 1.54) is 12.3 Å². The summed E-state index contributed by atoms with van der Waals surface area (Å²) in [5.41, 5.74) is 5.54. The van der Waals surface area contributed by atoms with Gasteiger partial charge in [-0.2, -0.15) is 13.2 Å². The molecular formula is C14H21F3N2O2. The number of nitrogens with two attached hydrogens (primary N) is 1. The summed E-state index contributed by atoms with van der Waals surface area (Å²) in [5, 5.41) is 0. The Morgan fingerprint density at radius 3 is 2.52 bits per heavy atom. The largest absolute Gasteiger partial charge is 0.467 e. The lowest BCUT2D eigenvalue weighted by Gasteiger charge is -2.27. The summed E-state index contributed by atoms with van der Waals surface area (Å²) in [4.78, 5) is 13.1. The zero-order valence-electron chi connectivity index (χ0n) is 12.2. The first-order valence-corrected chi connectivity index (χ1v) is 6.81. The van der Waals surface area contributed by atoms with Gasteiger partial charge in [-0.05, 0) is 24.5 Å². The van der Waals surface area contributed by atoms with Gasteiger partial charge in [0, 0.05) is 6.54 Å². The highest BCUT2D eigenvalue weighted by Gasteiger charge is 2.35. The third-order valence-corrected chi connectivity index (χ3v) is 3.00. The van der Waals surface area contributed by atoms with Gasteiger partial charge in [-0.15, -0.1) is 0 Å². The highest BCUT2D eigenvalue weighted by atomic mass is 19.4. The number of rotatable bonds is 7. The number of amides is 1. The van der Waals surface area contributed by atoms with Crippen LogP contribution in [0.4, 0.5) is 13.2 Å². The van der Waals surface area contributed by atoms with Gasteiger partial charge in [0.1, 0.15) is 12.3 Å². The van der Waals surface area contributed by atoms with Crippen molar-refractivity contribution < 1.29 is 22.4 Å². The van der Waals surface area contributed by atoms with E-state index in [-0.39, 0.29) is 19.0 Å². The first kappa shape index (κ1) is 17.6. The highest BCUT2D eigenvalue weighted by Crippen LogP contribution is 2.22. The van der Waals surface area contributed by atoms with Crippen LogP contribution in [-0.2, 0) is 11.3 Å². The van der Waals surface area contributed by atoms with Crippen molar-refractivity contribution in [1.82, 2.24) is 4.90 Å². The van der Waals surface area contributed by atoms with E-state index in [0.29, 0.717) is 12.2 Å². The third-order valence-electron chi connectivity index (χ3n) is 3.00. The number of alkyl halides is 3. The maximum absolute atomic E-state index is 12.7. The number of nitrogens with zero attached hydrogens (tertiary/aromatic N) is 1. The molecule has 0 radical (unpaired) electrons. The van der Waals surface area contributed by atoms with Crippen molar-refractivity contribution in [2.45, 2.75) is 33.0 Å². The predicted molar refractivity (Wildman–Crippen MR) is 72.2 cm³/mol. The van der Waals surface area contributed by atoms with E-state index in [0.717, 1.165) is 4.90 Å². The van der Waals surface area contributed by atoms with Crippen molar-refractivity contribution in [1.29, 1.82) is 0 Å². The molecule has 1 aromatic heterocycles. The van der Waals surface area contributed by atoms with Crippen LogP contribution in [0.25, 0.3) is 0 Å². The molecule has 21 heavy (non-hydrogen) atoms. The topological polar surface area (TPSA) is 59.5 Å². The highest BCUT2D eigenvalue weighted by molar-refractivity contribution is 5.79. The first-order chi connectivity index (χ1) is 9.73. The van der Waals surface area contributed by atoms with Gasteiger partial charge in [0.15, 0.2) is 0 Å². The molecule has 0 saturated carbocycles. The summed E-state index contributed by atoms with van der Waals surface area (Å²) in [7, 11) is 0. The zero-order valence-corrected chi connectivity index (χ0v) is 12.2. The van der Waals surface area contributed by atoms with Crippen LogP contribution in [0.15, 0.2) is 22.8 Å². The van der Waals surface area contributed by atoms with Crippen LogP contribution >= 0.6 is 0 Å². The SMILES string of the molecule is CC(C)CC(CN)C(=O)N(Cc1ccco1)CC(F)(F)F. The fourth-order valence-electron chi connectivity index (χ4n) is 2.14. The Hall–Kier alpha value is -1.50. The lowest BCUT2D eigenvalue weighted by Crippen LogP contribution is -2.43. The van der Waals surface area contributed by atoms with Gasteiger partial charge in [-0.25, -0.2) is 0 Å². The molecule has 0 aliphatic carbocycles. The molecule has 7 heteroatoms. The van der Waals surface area contributed by atoms with Gasteiger partial charge in [-0.1, -0.05) is 13.8 Å². The fraction of sp³-hybridized carbons (Fsp3) is 0.643. The van der Waals surface area contributed by atoms with Gasteiger partial charge in [0.05, 0.1) is 18.7 Å². The molecule has 4 nitrogen and oxygen atoms in total. The van der Waals surface area contributed by atoms with Crippen LogP contribution < -0.4 is 5.73 Å². The van der Waals surface area contributed by atoms with Crippen LogP contribution in [0.1, 0.15) is 26.0 Å². The lowest BCUT2D eigenvalue weighted by atomic mass is 9.95. The Kier molecular flexibility index (Phi) is 6.26. The number of hydrogen-bond acceptors (Lipinski definition) is 3. The van der Waals surface area contributed by atoms with E-state index in [1.54, 1.807) is 6.07 Å². The van der Waals surface area contributed by atoms with Crippen molar-refractivity contribution in [2.75, 3.05) is 13.1 Å². The van der Waals surface area contributed by atoms with Gasteiger partial charge in [-0.3, -0.25) is 4.79 Å².